The molecule has 6 rings (SSSR count). The van der Waals surface area contributed by atoms with Crippen molar-refractivity contribution in [3.05, 3.63) is 80.1 Å². The highest BCUT2D eigenvalue weighted by Crippen LogP contribution is 2.38. The minimum Gasteiger partial charge on any atom is -0.358 e. The summed E-state index contributed by atoms with van der Waals surface area (Å²) in [6, 6.07) is 9.98. The molecule has 0 radical (unpaired) electrons. The second-order valence-electron chi connectivity index (χ2n) is 11.3. The Bertz CT molecular complexity index is 1720. The molecule has 11 heteroatoms. The number of rotatable bonds is 8. The predicted molar refractivity (Wildman–Crippen MR) is 166 cm³/mol. The molecule has 3 heterocycles. The molecule has 2 aliphatic heterocycles. The SMILES string of the molecule is Cc1[nH]c(/C=C2\C(=O)Nc3ccc(S(=O)(=O)Cc4c(Cl)cccc4Cl)cc32)c(C)c1C(=O)N(C[C@H]1CCCN1)C1CC1. The van der Waals surface area contributed by atoms with E-state index in [-0.39, 0.29) is 38.5 Å². The Morgan fingerprint density at radius 1 is 1.10 bits per heavy atom. The molecule has 2 aromatic carbocycles. The third-order valence-electron chi connectivity index (χ3n) is 8.34. The van der Waals surface area contributed by atoms with Crippen molar-refractivity contribution in [2.24, 2.45) is 0 Å². The highest BCUT2D eigenvalue weighted by molar-refractivity contribution is 7.90. The molecule has 1 aromatic heterocycles. The maximum atomic E-state index is 13.8. The van der Waals surface area contributed by atoms with E-state index in [0.29, 0.717) is 46.2 Å². The number of carbonyl (C=O) groups excluding carboxylic acids is 2. The van der Waals surface area contributed by atoms with Gasteiger partial charge in [-0.3, -0.25) is 9.59 Å². The molecule has 3 aliphatic rings. The number of nitrogens with one attached hydrogen (secondary N) is 3. The van der Waals surface area contributed by atoms with Gasteiger partial charge in [0.15, 0.2) is 9.84 Å². The Morgan fingerprint density at radius 2 is 1.83 bits per heavy atom. The van der Waals surface area contributed by atoms with Crippen molar-refractivity contribution >= 4 is 62.2 Å². The molecule has 0 bridgehead atoms. The van der Waals surface area contributed by atoms with Gasteiger partial charge in [0.25, 0.3) is 11.8 Å². The third-order valence-corrected chi connectivity index (χ3v) is 10.7. The fourth-order valence-electron chi connectivity index (χ4n) is 5.91. The van der Waals surface area contributed by atoms with Crippen LogP contribution < -0.4 is 10.6 Å². The number of sulfone groups is 1. The van der Waals surface area contributed by atoms with Gasteiger partial charge < -0.3 is 20.5 Å². The van der Waals surface area contributed by atoms with Gasteiger partial charge in [-0.1, -0.05) is 29.3 Å². The van der Waals surface area contributed by atoms with Crippen molar-refractivity contribution in [1.29, 1.82) is 0 Å². The maximum absolute atomic E-state index is 13.8. The zero-order valence-corrected chi connectivity index (χ0v) is 25.7. The summed E-state index contributed by atoms with van der Waals surface area (Å²) in [5, 5.41) is 6.86. The molecule has 2 amide bonds. The summed E-state index contributed by atoms with van der Waals surface area (Å²) in [4.78, 5) is 32.2. The number of aryl methyl sites for hydroxylation is 1. The van der Waals surface area contributed by atoms with Gasteiger partial charge in [0.2, 0.25) is 0 Å². The van der Waals surface area contributed by atoms with E-state index in [1.54, 1.807) is 30.3 Å². The molecule has 1 atom stereocenters. The van der Waals surface area contributed by atoms with E-state index >= 15 is 0 Å². The molecule has 3 N–H and O–H groups in total. The average molecular weight is 628 g/mol. The first-order valence-corrected chi connectivity index (χ1v) is 16.5. The van der Waals surface area contributed by atoms with Crippen molar-refractivity contribution in [2.45, 2.75) is 62.3 Å². The van der Waals surface area contributed by atoms with E-state index in [2.05, 4.69) is 15.6 Å². The average Bonchev–Trinajstić information content (AvgIpc) is 3.45. The quantitative estimate of drug-likeness (QED) is 0.275. The van der Waals surface area contributed by atoms with Crippen LogP contribution in [0.1, 0.15) is 64.1 Å². The molecule has 8 nitrogen and oxygen atoms in total. The highest BCUT2D eigenvalue weighted by atomic mass is 35.5. The summed E-state index contributed by atoms with van der Waals surface area (Å²) in [6.45, 7) is 5.42. The lowest BCUT2D eigenvalue weighted by molar-refractivity contribution is -0.110. The van der Waals surface area contributed by atoms with E-state index < -0.39 is 9.84 Å². The van der Waals surface area contributed by atoms with Crippen molar-refractivity contribution in [1.82, 2.24) is 15.2 Å². The summed E-state index contributed by atoms with van der Waals surface area (Å²) in [7, 11) is -3.84. The minimum atomic E-state index is -3.84. The van der Waals surface area contributed by atoms with Crippen LogP contribution in [0.25, 0.3) is 11.6 Å². The van der Waals surface area contributed by atoms with Crippen molar-refractivity contribution < 1.29 is 18.0 Å². The molecule has 1 aliphatic carbocycles. The number of H-pyrrole nitrogens is 1. The molecule has 1 saturated carbocycles. The molecule has 220 valence electrons. The molecular weight excluding hydrogens is 595 g/mol. The monoisotopic (exact) mass is 626 g/mol. The summed E-state index contributed by atoms with van der Waals surface area (Å²) in [5.74, 6) is -0.718. The number of halogens is 2. The van der Waals surface area contributed by atoms with Crippen LogP contribution in [-0.4, -0.2) is 55.3 Å². The third kappa shape index (κ3) is 5.51. The molecule has 3 aromatic rings. The van der Waals surface area contributed by atoms with Gasteiger partial charge in [0, 0.05) is 56.9 Å². The number of aromatic amines is 1. The van der Waals surface area contributed by atoms with Crippen LogP contribution in [0.4, 0.5) is 5.69 Å². The first-order chi connectivity index (χ1) is 20.0. The van der Waals surface area contributed by atoms with E-state index in [9.17, 15) is 18.0 Å². The van der Waals surface area contributed by atoms with E-state index in [0.717, 1.165) is 43.5 Å². The fourth-order valence-corrected chi connectivity index (χ4v) is 8.03. The van der Waals surface area contributed by atoms with E-state index in [4.69, 9.17) is 23.2 Å². The van der Waals surface area contributed by atoms with E-state index in [1.807, 2.05) is 18.7 Å². The number of carbonyl (C=O) groups is 2. The number of nitrogens with zero attached hydrogens (tertiary/aromatic N) is 1. The Morgan fingerprint density at radius 3 is 2.50 bits per heavy atom. The standard InChI is InChI=1S/C31H32Cl2N4O4S/c1-17-28(35-18(2)29(17)31(39)37(20-8-9-20)15-19-5-4-12-34-19)14-23-22-13-21(10-11-27(22)36-30(23)38)42(40,41)16-24-25(32)6-3-7-26(24)33/h3,6-7,10-11,13-14,19-20,34-35H,4-5,8-9,12,15-16H2,1-2H3,(H,36,38)/b23-14-/t19-/m1/s1. The van der Waals surface area contributed by atoms with Crippen LogP contribution in [0.3, 0.4) is 0 Å². The maximum Gasteiger partial charge on any atom is 0.256 e. The fraction of sp³-hybridized carbons (Fsp3) is 0.355. The lowest BCUT2D eigenvalue weighted by atomic mass is 10.0. The lowest BCUT2D eigenvalue weighted by Crippen LogP contribution is -2.42. The van der Waals surface area contributed by atoms with Crippen molar-refractivity contribution in [3.8, 4) is 0 Å². The van der Waals surface area contributed by atoms with Crippen LogP contribution in [0.15, 0.2) is 41.3 Å². The van der Waals surface area contributed by atoms with Crippen LogP contribution in [0, 0.1) is 13.8 Å². The first-order valence-electron chi connectivity index (χ1n) is 14.1. The number of amides is 2. The number of hydrogen-bond acceptors (Lipinski definition) is 5. The van der Waals surface area contributed by atoms with Gasteiger partial charge in [0.05, 0.1) is 21.8 Å². The Hall–Kier alpha value is -3.11. The first kappa shape index (κ1) is 29.0. The normalized spacial score (nSPS) is 19.3. The Labute approximate surface area is 255 Å². The summed E-state index contributed by atoms with van der Waals surface area (Å²) in [6.07, 6.45) is 5.92. The van der Waals surface area contributed by atoms with Crippen LogP contribution >= 0.6 is 23.2 Å². The number of anilines is 1. The number of benzene rings is 2. The molecule has 0 spiro atoms. The zero-order valence-electron chi connectivity index (χ0n) is 23.4. The Balaban J connectivity index is 1.32. The second-order valence-corrected chi connectivity index (χ2v) is 14.1. The van der Waals surface area contributed by atoms with Gasteiger partial charge in [-0.2, -0.15) is 0 Å². The van der Waals surface area contributed by atoms with Gasteiger partial charge in [0.1, 0.15) is 0 Å². The molecule has 42 heavy (non-hydrogen) atoms. The smallest absolute Gasteiger partial charge is 0.256 e. The summed E-state index contributed by atoms with van der Waals surface area (Å²) in [5.41, 5.74) is 4.38. The van der Waals surface area contributed by atoms with Crippen LogP contribution in [-0.2, 0) is 20.4 Å². The second kappa shape index (κ2) is 11.2. The summed E-state index contributed by atoms with van der Waals surface area (Å²) < 4.78 is 26.8. The van der Waals surface area contributed by atoms with Gasteiger partial charge in [-0.05, 0) is 88.0 Å². The van der Waals surface area contributed by atoms with Crippen molar-refractivity contribution in [3.63, 3.8) is 0 Å². The van der Waals surface area contributed by atoms with Gasteiger partial charge >= 0.3 is 0 Å². The predicted octanol–water partition coefficient (Wildman–Crippen LogP) is 5.76. The zero-order chi connectivity index (χ0) is 29.8. The summed E-state index contributed by atoms with van der Waals surface area (Å²) >= 11 is 12.5. The number of hydrogen-bond donors (Lipinski definition) is 3. The largest absolute Gasteiger partial charge is 0.358 e. The number of fused-ring (bicyclic) bond motifs is 1. The van der Waals surface area contributed by atoms with E-state index in [1.165, 1.54) is 12.1 Å². The van der Waals surface area contributed by atoms with Crippen LogP contribution in [0.2, 0.25) is 10.0 Å². The Kier molecular flexibility index (Phi) is 7.72. The lowest BCUT2D eigenvalue weighted by Gasteiger charge is -2.26. The van der Waals surface area contributed by atoms with Gasteiger partial charge in [-0.25, -0.2) is 8.42 Å². The minimum absolute atomic E-state index is 0.00462. The molecule has 2 fully saturated rings. The van der Waals surface area contributed by atoms with Gasteiger partial charge in [-0.15, -0.1) is 0 Å². The number of aromatic nitrogens is 1. The molecule has 1 saturated heterocycles. The molecular formula is C31H32Cl2N4O4S. The highest BCUT2D eigenvalue weighted by Gasteiger charge is 2.37. The topological polar surface area (TPSA) is 111 Å². The molecule has 0 unspecified atom stereocenters. The van der Waals surface area contributed by atoms with Crippen LogP contribution in [0.5, 0.6) is 0 Å². The van der Waals surface area contributed by atoms with Crippen molar-refractivity contribution in [2.75, 3.05) is 18.4 Å².